The van der Waals surface area contributed by atoms with E-state index in [2.05, 4.69) is 5.10 Å². The fraction of sp³-hybridized carbons (Fsp3) is 0.429. The van der Waals surface area contributed by atoms with Gasteiger partial charge in [-0.3, -0.25) is 4.79 Å². The molecule has 0 bridgehead atoms. The van der Waals surface area contributed by atoms with Crippen molar-refractivity contribution in [2.75, 3.05) is 7.05 Å². The second-order valence-electron chi connectivity index (χ2n) is 2.49. The maximum atomic E-state index is 11.1. The van der Waals surface area contributed by atoms with Crippen LogP contribution in [0.2, 0.25) is 0 Å². The van der Waals surface area contributed by atoms with E-state index in [0.717, 1.165) is 5.57 Å². The van der Waals surface area contributed by atoms with Crippen LogP contribution in [0.5, 0.6) is 0 Å². The highest BCUT2D eigenvalue weighted by Crippen LogP contribution is 2.10. The van der Waals surface area contributed by atoms with Crippen LogP contribution in [0.4, 0.5) is 0 Å². The largest absolute Gasteiger partial charge is 0.275 e. The third kappa shape index (κ3) is 0.943. The number of hydrogen-bond donors (Lipinski definition) is 0. The number of amides is 1. The van der Waals surface area contributed by atoms with Crippen molar-refractivity contribution >= 4 is 12.1 Å². The Balaban J connectivity index is 2.98. The minimum absolute atomic E-state index is 0.0139. The molecule has 0 unspecified atom stereocenters. The molecule has 0 aromatic rings. The number of carbonyl (C=O) groups excluding carboxylic acids is 1. The van der Waals surface area contributed by atoms with Gasteiger partial charge in [0.05, 0.1) is 11.8 Å². The molecule has 0 aromatic carbocycles. The molecular weight excluding hydrogens is 128 g/mol. The van der Waals surface area contributed by atoms with E-state index < -0.39 is 0 Å². The van der Waals surface area contributed by atoms with Crippen molar-refractivity contribution in [3.63, 3.8) is 0 Å². The maximum Gasteiger partial charge on any atom is 0.275 e. The van der Waals surface area contributed by atoms with Crippen molar-refractivity contribution < 1.29 is 4.79 Å². The summed E-state index contributed by atoms with van der Waals surface area (Å²) in [7, 11) is 1.65. The highest BCUT2D eigenvalue weighted by Gasteiger charge is 2.18. The highest BCUT2D eigenvalue weighted by atomic mass is 16.2. The van der Waals surface area contributed by atoms with E-state index in [0.29, 0.717) is 5.57 Å². The smallest absolute Gasteiger partial charge is 0.267 e. The van der Waals surface area contributed by atoms with E-state index in [1.165, 1.54) is 5.01 Å². The predicted octanol–water partition coefficient (Wildman–Crippen LogP) is 0.781. The first-order valence-electron chi connectivity index (χ1n) is 3.12. The lowest BCUT2D eigenvalue weighted by Crippen LogP contribution is -2.16. The molecule has 0 saturated heterocycles. The molecule has 1 rings (SSSR count). The Bertz CT molecular complexity index is 224. The van der Waals surface area contributed by atoms with Gasteiger partial charge in [-0.05, 0) is 13.8 Å². The Morgan fingerprint density at radius 2 is 2.20 bits per heavy atom. The molecule has 0 aromatic heterocycles. The van der Waals surface area contributed by atoms with Gasteiger partial charge in [-0.1, -0.05) is 5.57 Å². The first-order chi connectivity index (χ1) is 4.63. The first kappa shape index (κ1) is 6.99. The fourth-order valence-electron chi connectivity index (χ4n) is 0.769. The number of allylic oxidation sites excluding steroid dienone is 1. The maximum absolute atomic E-state index is 11.1. The molecule has 1 aliphatic rings. The lowest BCUT2D eigenvalue weighted by molar-refractivity contribution is -0.124. The minimum atomic E-state index is -0.0139. The lowest BCUT2D eigenvalue weighted by Gasteiger charge is -2.01. The predicted molar refractivity (Wildman–Crippen MR) is 39.6 cm³/mol. The van der Waals surface area contributed by atoms with Gasteiger partial charge in [0.1, 0.15) is 0 Å². The average Bonchev–Trinajstić information content (AvgIpc) is 2.14. The molecule has 1 aliphatic heterocycles. The molecule has 0 radical (unpaired) electrons. The van der Waals surface area contributed by atoms with Crippen molar-refractivity contribution in [1.82, 2.24) is 5.01 Å². The second-order valence-corrected chi connectivity index (χ2v) is 2.49. The summed E-state index contributed by atoms with van der Waals surface area (Å²) in [6.45, 7) is 3.80. The van der Waals surface area contributed by atoms with Crippen LogP contribution in [-0.4, -0.2) is 24.2 Å². The number of hydrazone groups is 1. The Hall–Kier alpha value is -1.12. The Morgan fingerprint density at radius 3 is 2.40 bits per heavy atom. The molecule has 0 saturated carbocycles. The van der Waals surface area contributed by atoms with Crippen molar-refractivity contribution in [2.45, 2.75) is 13.8 Å². The third-order valence-electron chi connectivity index (χ3n) is 1.42. The van der Waals surface area contributed by atoms with Crippen LogP contribution >= 0.6 is 0 Å². The monoisotopic (exact) mass is 138 g/mol. The van der Waals surface area contributed by atoms with Crippen LogP contribution in [0.1, 0.15) is 13.8 Å². The van der Waals surface area contributed by atoms with Gasteiger partial charge in [-0.15, -0.1) is 0 Å². The lowest BCUT2D eigenvalue weighted by atomic mass is 10.2. The average molecular weight is 138 g/mol. The summed E-state index contributed by atoms with van der Waals surface area (Å²) in [4.78, 5) is 11.1. The van der Waals surface area contributed by atoms with E-state index in [-0.39, 0.29) is 5.91 Å². The van der Waals surface area contributed by atoms with Gasteiger partial charge in [-0.25, -0.2) is 5.01 Å². The minimum Gasteiger partial charge on any atom is -0.267 e. The van der Waals surface area contributed by atoms with Crippen LogP contribution in [-0.2, 0) is 4.79 Å². The Labute approximate surface area is 60.0 Å². The molecule has 0 fully saturated rings. The Morgan fingerprint density at radius 1 is 1.60 bits per heavy atom. The molecule has 0 N–H and O–H groups in total. The Kier molecular flexibility index (Phi) is 1.57. The topological polar surface area (TPSA) is 32.7 Å². The first-order valence-corrected chi connectivity index (χ1v) is 3.12. The number of carbonyl (C=O) groups is 1. The van der Waals surface area contributed by atoms with Crippen molar-refractivity contribution in [2.24, 2.45) is 5.10 Å². The van der Waals surface area contributed by atoms with Crippen LogP contribution in [0.25, 0.3) is 0 Å². The van der Waals surface area contributed by atoms with E-state index >= 15 is 0 Å². The van der Waals surface area contributed by atoms with Crippen LogP contribution in [0.15, 0.2) is 16.2 Å². The van der Waals surface area contributed by atoms with E-state index in [9.17, 15) is 4.79 Å². The number of rotatable bonds is 0. The van der Waals surface area contributed by atoms with E-state index in [1.54, 1.807) is 13.3 Å². The van der Waals surface area contributed by atoms with Gasteiger partial charge >= 0.3 is 0 Å². The summed E-state index contributed by atoms with van der Waals surface area (Å²) >= 11 is 0. The summed E-state index contributed by atoms with van der Waals surface area (Å²) in [5, 5.41) is 5.16. The molecule has 0 spiro atoms. The zero-order chi connectivity index (χ0) is 7.72. The standard InChI is InChI=1S/C7H10N2O/c1-5(2)6-4-8-9(3)7(6)10/h4H,1-3H3. The summed E-state index contributed by atoms with van der Waals surface area (Å²) < 4.78 is 0. The van der Waals surface area contributed by atoms with Crippen LogP contribution < -0.4 is 0 Å². The summed E-state index contributed by atoms with van der Waals surface area (Å²) in [5.41, 5.74) is 1.72. The summed E-state index contributed by atoms with van der Waals surface area (Å²) in [6.07, 6.45) is 1.59. The van der Waals surface area contributed by atoms with Crippen LogP contribution in [0, 0.1) is 0 Å². The normalized spacial score (nSPS) is 16.9. The molecule has 0 aliphatic carbocycles. The number of likely N-dealkylation sites (N-methyl/N-ethyl adjacent to an activating group) is 1. The van der Waals surface area contributed by atoms with Crippen molar-refractivity contribution in [1.29, 1.82) is 0 Å². The van der Waals surface area contributed by atoms with Gasteiger partial charge < -0.3 is 0 Å². The van der Waals surface area contributed by atoms with Gasteiger partial charge in [0, 0.05) is 7.05 Å². The quantitative estimate of drug-likeness (QED) is 0.455. The van der Waals surface area contributed by atoms with Gasteiger partial charge in [0.25, 0.3) is 5.91 Å². The molecule has 54 valence electrons. The SMILES string of the molecule is CC(C)=C1C=NN(C)C1=O. The molecule has 3 heteroatoms. The van der Waals surface area contributed by atoms with Crippen molar-refractivity contribution in [3.05, 3.63) is 11.1 Å². The second kappa shape index (κ2) is 2.25. The molecule has 1 amide bonds. The number of hydrogen-bond acceptors (Lipinski definition) is 2. The van der Waals surface area contributed by atoms with E-state index in [1.807, 2.05) is 13.8 Å². The van der Waals surface area contributed by atoms with Gasteiger partial charge in [-0.2, -0.15) is 5.10 Å². The van der Waals surface area contributed by atoms with E-state index in [4.69, 9.17) is 0 Å². The van der Waals surface area contributed by atoms with Gasteiger partial charge in [0.15, 0.2) is 0 Å². The van der Waals surface area contributed by atoms with Gasteiger partial charge in [0.2, 0.25) is 0 Å². The zero-order valence-corrected chi connectivity index (χ0v) is 6.38. The summed E-state index contributed by atoms with van der Waals surface area (Å²) in [6, 6.07) is 0. The highest BCUT2D eigenvalue weighted by molar-refractivity contribution is 6.15. The van der Waals surface area contributed by atoms with Crippen LogP contribution in [0.3, 0.4) is 0 Å². The third-order valence-corrected chi connectivity index (χ3v) is 1.42. The molecule has 0 atom stereocenters. The fourth-order valence-corrected chi connectivity index (χ4v) is 0.769. The molecule has 3 nitrogen and oxygen atoms in total. The van der Waals surface area contributed by atoms with Crippen molar-refractivity contribution in [3.8, 4) is 0 Å². The summed E-state index contributed by atoms with van der Waals surface area (Å²) in [5.74, 6) is -0.0139. The zero-order valence-electron chi connectivity index (χ0n) is 6.38. The molecule has 1 heterocycles. The molecule has 10 heavy (non-hydrogen) atoms. The molecular formula is C7H10N2O. The number of nitrogens with zero attached hydrogens (tertiary/aromatic N) is 2.